The van der Waals surface area contributed by atoms with Gasteiger partial charge in [-0.1, -0.05) is 65.5 Å². The Balaban J connectivity index is 1.27. The van der Waals surface area contributed by atoms with Crippen molar-refractivity contribution in [2.45, 2.75) is 190 Å². The van der Waals surface area contributed by atoms with Gasteiger partial charge in [0.15, 0.2) is 0 Å². The number of rotatable bonds is 17. The Labute approximate surface area is 346 Å². The fourth-order valence-electron chi connectivity index (χ4n) is 11.3. The fraction of sp³-hybridized carbons (Fsp3) is 0.872. The summed E-state index contributed by atoms with van der Waals surface area (Å²) >= 11 is 0. The van der Waals surface area contributed by atoms with Crippen LogP contribution in [-0.2, 0) is 23.8 Å². The van der Waals surface area contributed by atoms with Gasteiger partial charge in [-0.3, -0.25) is 9.59 Å². The Kier molecular flexibility index (Phi) is 16.4. The topological polar surface area (TPSA) is 123 Å². The van der Waals surface area contributed by atoms with Crippen molar-refractivity contribution >= 4 is 24.1 Å². The van der Waals surface area contributed by atoms with E-state index >= 15 is 0 Å². The molecule has 3 amide bonds. The van der Waals surface area contributed by atoms with Crippen LogP contribution in [0, 0.1) is 46.3 Å². The molecule has 4 aliphatic carbocycles. The van der Waals surface area contributed by atoms with Crippen molar-refractivity contribution in [2.24, 2.45) is 46.3 Å². The van der Waals surface area contributed by atoms with Gasteiger partial charge in [0.1, 0.15) is 17.3 Å². The van der Waals surface area contributed by atoms with Gasteiger partial charge in [0.2, 0.25) is 5.91 Å². The van der Waals surface area contributed by atoms with Crippen LogP contribution in [0.25, 0.3) is 0 Å². The highest BCUT2D eigenvalue weighted by atomic mass is 16.6. The zero-order valence-corrected chi connectivity index (χ0v) is 37.9. The summed E-state index contributed by atoms with van der Waals surface area (Å²) in [5, 5.41) is 5.49. The average molecular weight is 800 g/mol. The van der Waals surface area contributed by atoms with Crippen molar-refractivity contribution in [3.05, 3.63) is 11.6 Å². The smallest absolute Gasteiger partial charge is 0.407 e. The summed E-state index contributed by atoms with van der Waals surface area (Å²) in [6.07, 6.45) is 15.9. The van der Waals surface area contributed by atoms with Crippen LogP contribution in [0.1, 0.15) is 172 Å². The van der Waals surface area contributed by atoms with E-state index in [2.05, 4.69) is 51.3 Å². The number of nitrogens with one attached hydrogen (secondary N) is 2. The number of ether oxygens (including phenoxy) is 3. The molecule has 0 saturated heterocycles. The number of allylic oxidation sites excluding steroid dienone is 1. The third-order valence-electron chi connectivity index (χ3n) is 14.0. The predicted molar refractivity (Wildman–Crippen MR) is 226 cm³/mol. The van der Waals surface area contributed by atoms with E-state index in [1.54, 1.807) is 4.90 Å². The summed E-state index contributed by atoms with van der Waals surface area (Å²) in [5.41, 5.74) is 0.946. The molecule has 326 valence electrons. The van der Waals surface area contributed by atoms with Crippen molar-refractivity contribution in [1.29, 1.82) is 0 Å². The third-order valence-corrected chi connectivity index (χ3v) is 14.0. The first-order valence-electron chi connectivity index (χ1n) is 22.7. The number of alkyl carbamates (subject to hydrolysis) is 2. The quantitative estimate of drug-likeness (QED) is 0.0650. The molecule has 0 bridgehead atoms. The Morgan fingerprint density at radius 2 is 1.40 bits per heavy atom. The monoisotopic (exact) mass is 800 g/mol. The second-order valence-electron chi connectivity index (χ2n) is 21.1. The van der Waals surface area contributed by atoms with Crippen LogP contribution in [0.3, 0.4) is 0 Å². The molecule has 0 aliphatic heterocycles. The second-order valence-corrected chi connectivity index (χ2v) is 21.1. The van der Waals surface area contributed by atoms with Crippen LogP contribution >= 0.6 is 0 Å². The molecule has 0 aromatic carbocycles. The first-order valence-corrected chi connectivity index (χ1v) is 22.7. The summed E-state index contributed by atoms with van der Waals surface area (Å²) in [7, 11) is 0. The SMILES string of the molecule is CC(C)CCCC(C)[C@H]1CC[C@H]2[C@@H]3CC=C4C[C@@H](OC(=O)CCC(=O)N(CCCNC(=O)OC(C)(C)C)CCCNC(=O)OC(C)(C)C)CC[C@]4(C)[C@H]3CC[C@]12C. The summed E-state index contributed by atoms with van der Waals surface area (Å²) in [4.78, 5) is 52.6. The number of esters is 1. The van der Waals surface area contributed by atoms with Crippen LogP contribution < -0.4 is 10.6 Å². The van der Waals surface area contributed by atoms with E-state index in [9.17, 15) is 19.2 Å². The molecule has 0 spiro atoms. The second kappa shape index (κ2) is 20.0. The molecule has 0 radical (unpaired) electrons. The van der Waals surface area contributed by atoms with Gasteiger partial charge >= 0.3 is 18.2 Å². The molecular weight excluding hydrogens is 719 g/mol. The molecule has 0 aromatic rings. The molecule has 4 rings (SSSR count). The summed E-state index contributed by atoms with van der Waals surface area (Å²) in [5.74, 6) is 4.28. The van der Waals surface area contributed by atoms with Crippen molar-refractivity contribution < 1.29 is 33.4 Å². The van der Waals surface area contributed by atoms with Crippen molar-refractivity contribution in [3.63, 3.8) is 0 Å². The summed E-state index contributed by atoms with van der Waals surface area (Å²) < 4.78 is 16.7. The van der Waals surface area contributed by atoms with Crippen LogP contribution in [0.4, 0.5) is 9.59 Å². The Hall–Kier alpha value is -2.78. The number of hydrogen-bond donors (Lipinski definition) is 2. The third kappa shape index (κ3) is 13.4. The predicted octanol–water partition coefficient (Wildman–Crippen LogP) is 10.4. The molecule has 0 aromatic heterocycles. The average Bonchev–Trinajstić information content (AvgIpc) is 3.45. The minimum absolute atomic E-state index is 0.0243. The van der Waals surface area contributed by atoms with Crippen LogP contribution in [0.15, 0.2) is 11.6 Å². The van der Waals surface area contributed by atoms with Gasteiger partial charge in [0.25, 0.3) is 0 Å². The molecule has 3 saturated carbocycles. The van der Waals surface area contributed by atoms with E-state index in [1.165, 1.54) is 50.5 Å². The number of nitrogens with zero attached hydrogens (tertiary/aromatic N) is 1. The normalized spacial score (nSPS) is 28.9. The summed E-state index contributed by atoms with van der Waals surface area (Å²) in [6.45, 7) is 24.7. The maximum Gasteiger partial charge on any atom is 0.407 e. The van der Waals surface area contributed by atoms with E-state index in [-0.39, 0.29) is 36.2 Å². The largest absolute Gasteiger partial charge is 0.462 e. The molecule has 57 heavy (non-hydrogen) atoms. The lowest BCUT2D eigenvalue weighted by Crippen LogP contribution is -2.51. The first kappa shape index (κ1) is 46.9. The van der Waals surface area contributed by atoms with Gasteiger partial charge in [0, 0.05) is 39.0 Å². The van der Waals surface area contributed by atoms with Gasteiger partial charge in [0.05, 0.1) is 6.42 Å². The first-order chi connectivity index (χ1) is 26.6. The highest BCUT2D eigenvalue weighted by molar-refractivity contribution is 5.81. The molecule has 1 unspecified atom stereocenters. The zero-order chi connectivity index (χ0) is 42.2. The van der Waals surface area contributed by atoms with Crippen molar-refractivity contribution in [1.82, 2.24) is 15.5 Å². The van der Waals surface area contributed by atoms with Gasteiger partial charge in [-0.2, -0.15) is 0 Å². The van der Waals surface area contributed by atoms with E-state index in [0.29, 0.717) is 50.4 Å². The van der Waals surface area contributed by atoms with Gasteiger partial charge in [-0.15, -0.1) is 0 Å². The molecule has 10 heteroatoms. The Morgan fingerprint density at radius 1 is 0.789 bits per heavy atom. The summed E-state index contributed by atoms with van der Waals surface area (Å²) in [6, 6.07) is 0. The number of carbonyl (C=O) groups is 4. The van der Waals surface area contributed by atoms with Crippen LogP contribution in [0.2, 0.25) is 0 Å². The lowest BCUT2D eigenvalue weighted by molar-refractivity contribution is -0.153. The molecule has 2 N–H and O–H groups in total. The maximum absolute atomic E-state index is 13.4. The Morgan fingerprint density at radius 3 is 1.98 bits per heavy atom. The lowest BCUT2D eigenvalue weighted by atomic mass is 9.47. The number of carbonyl (C=O) groups excluding carboxylic acids is 4. The number of fused-ring (bicyclic) bond motifs is 5. The molecule has 8 atom stereocenters. The standard InChI is InChI=1S/C47H81N3O7/c1-32(2)15-12-16-33(3)37-19-20-38-36-18-17-34-31-35(23-25-46(34,10)39(36)24-26-47(37,38)11)55-41(52)22-21-40(51)50(29-13-27-48-42(53)56-44(4,5)6)30-14-28-49-43(54)57-45(7,8)9/h17,32-33,35-39H,12-16,18-31H2,1-11H3,(H,48,53)(H,49,54)/t33?,35-,36-,37+,38-,39-,46-,47+/m0/s1. The van der Waals surface area contributed by atoms with E-state index in [4.69, 9.17) is 14.2 Å². The molecule has 10 nitrogen and oxygen atoms in total. The maximum atomic E-state index is 13.4. The van der Waals surface area contributed by atoms with E-state index in [0.717, 1.165) is 55.3 Å². The van der Waals surface area contributed by atoms with Gasteiger partial charge in [-0.25, -0.2) is 9.59 Å². The van der Waals surface area contributed by atoms with Crippen molar-refractivity contribution in [3.8, 4) is 0 Å². The molecule has 3 fully saturated rings. The van der Waals surface area contributed by atoms with Gasteiger partial charge < -0.3 is 29.7 Å². The van der Waals surface area contributed by atoms with Gasteiger partial charge in [-0.05, 0) is 146 Å². The highest BCUT2D eigenvalue weighted by Crippen LogP contribution is 2.67. The van der Waals surface area contributed by atoms with E-state index in [1.807, 2.05) is 41.5 Å². The molecule has 4 aliphatic rings. The van der Waals surface area contributed by atoms with Crippen LogP contribution in [-0.4, -0.2) is 72.4 Å². The van der Waals surface area contributed by atoms with Crippen LogP contribution in [0.5, 0.6) is 0 Å². The highest BCUT2D eigenvalue weighted by Gasteiger charge is 2.59. The number of hydrogen-bond acceptors (Lipinski definition) is 7. The zero-order valence-electron chi connectivity index (χ0n) is 37.9. The minimum atomic E-state index is -0.599. The molecule has 0 heterocycles. The Bertz CT molecular complexity index is 1360. The molecular formula is C47H81N3O7. The van der Waals surface area contributed by atoms with E-state index < -0.39 is 23.4 Å². The fourth-order valence-corrected chi connectivity index (χ4v) is 11.3. The number of amides is 3. The van der Waals surface area contributed by atoms with Crippen molar-refractivity contribution in [2.75, 3.05) is 26.2 Å². The minimum Gasteiger partial charge on any atom is -0.462 e. The lowest BCUT2D eigenvalue weighted by Gasteiger charge is -2.58.